The highest BCUT2D eigenvalue weighted by Crippen LogP contribution is 2.26. The number of hydrogen-bond donors (Lipinski definition) is 1. The van der Waals surface area contributed by atoms with Crippen molar-refractivity contribution in [2.24, 2.45) is 0 Å². The third-order valence-corrected chi connectivity index (χ3v) is 3.76. The van der Waals surface area contributed by atoms with Gasteiger partial charge in [-0.15, -0.1) is 0 Å². The quantitative estimate of drug-likeness (QED) is 0.928. The van der Waals surface area contributed by atoms with Crippen LogP contribution in [0.4, 0.5) is 5.95 Å². The van der Waals surface area contributed by atoms with Crippen molar-refractivity contribution in [3.63, 3.8) is 0 Å². The molecule has 1 unspecified atom stereocenters. The predicted octanol–water partition coefficient (Wildman–Crippen LogP) is 1.81. The first kappa shape index (κ1) is 13.8. The van der Waals surface area contributed by atoms with E-state index in [2.05, 4.69) is 9.97 Å². The summed E-state index contributed by atoms with van der Waals surface area (Å²) in [6.07, 6.45) is 4.07. The standard InChI is InChI=1S/C16H19N3O2/c1-13-5-2-3-6-14(13)21-12-16(20)7-10-19(11-16)15-17-8-4-9-18-15/h2-6,8-9,20H,7,10-12H2,1H3. The maximum absolute atomic E-state index is 10.7. The number of para-hydroxylation sites is 1. The fraction of sp³-hybridized carbons (Fsp3) is 0.375. The third-order valence-electron chi connectivity index (χ3n) is 3.76. The molecule has 21 heavy (non-hydrogen) atoms. The Morgan fingerprint density at radius 2 is 2.00 bits per heavy atom. The molecular weight excluding hydrogens is 266 g/mol. The summed E-state index contributed by atoms with van der Waals surface area (Å²) >= 11 is 0. The van der Waals surface area contributed by atoms with Gasteiger partial charge < -0.3 is 14.7 Å². The van der Waals surface area contributed by atoms with Gasteiger partial charge in [-0.1, -0.05) is 18.2 Å². The molecule has 110 valence electrons. The number of benzene rings is 1. The Morgan fingerprint density at radius 3 is 2.76 bits per heavy atom. The molecule has 1 N–H and O–H groups in total. The van der Waals surface area contributed by atoms with Gasteiger partial charge in [0.15, 0.2) is 0 Å². The van der Waals surface area contributed by atoms with E-state index in [1.165, 1.54) is 0 Å². The van der Waals surface area contributed by atoms with Gasteiger partial charge in [0, 0.05) is 18.9 Å². The van der Waals surface area contributed by atoms with Crippen molar-refractivity contribution in [1.82, 2.24) is 9.97 Å². The maximum Gasteiger partial charge on any atom is 0.225 e. The van der Waals surface area contributed by atoms with Crippen molar-refractivity contribution < 1.29 is 9.84 Å². The van der Waals surface area contributed by atoms with Gasteiger partial charge in [0.05, 0.1) is 6.54 Å². The molecule has 2 heterocycles. The van der Waals surface area contributed by atoms with Crippen LogP contribution >= 0.6 is 0 Å². The zero-order valence-electron chi connectivity index (χ0n) is 12.1. The van der Waals surface area contributed by atoms with Gasteiger partial charge in [-0.3, -0.25) is 0 Å². The van der Waals surface area contributed by atoms with Crippen LogP contribution in [0, 0.1) is 6.92 Å². The molecule has 0 radical (unpaired) electrons. The number of aryl methyl sites for hydroxylation is 1. The van der Waals surface area contributed by atoms with Crippen molar-refractivity contribution in [1.29, 1.82) is 0 Å². The number of anilines is 1. The van der Waals surface area contributed by atoms with E-state index in [9.17, 15) is 5.11 Å². The molecule has 1 atom stereocenters. The molecule has 0 aliphatic carbocycles. The first-order chi connectivity index (χ1) is 10.2. The van der Waals surface area contributed by atoms with Crippen LogP contribution in [0.3, 0.4) is 0 Å². The topological polar surface area (TPSA) is 58.5 Å². The third kappa shape index (κ3) is 3.13. The van der Waals surface area contributed by atoms with E-state index in [1.54, 1.807) is 18.5 Å². The Kier molecular flexibility index (Phi) is 3.75. The van der Waals surface area contributed by atoms with Crippen LogP contribution in [0.2, 0.25) is 0 Å². The van der Waals surface area contributed by atoms with Crippen LogP contribution in [0.1, 0.15) is 12.0 Å². The number of rotatable bonds is 4. The molecule has 1 aliphatic heterocycles. The minimum absolute atomic E-state index is 0.279. The molecule has 0 spiro atoms. The van der Waals surface area contributed by atoms with E-state index < -0.39 is 5.60 Å². The van der Waals surface area contributed by atoms with Crippen LogP contribution in [-0.2, 0) is 0 Å². The summed E-state index contributed by atoms with van der Waals surface area (Å²) in [4.78, 5) is 10.4. The van der Waals surface area contributed by atoms with Crippen molar-refractivity contribution in [2.45, 2.75) is 18.9 Å². The summed E-state index contributed by atoms with van der Waals surface area (Å²) in [5, 5.41) is 10.7. The van der Waals surface area contributed by atoms with Gasteiger partial charge in [0.25, 0.3) is 0 Å². The highest BCUT2D eigenvalue weighted by atomic mass is 16.5. The lowest BCUT2D eigenvalue weighted by atomic mass is 10.1. The van der Waals surface area contributed by atoms with Crippen LogP contribution in [-0.4, -0.2) is 40.4 Å². The second-order valence-electron chi connectivity index (χ2n) is 5.50. The molecule has 1 fully saturated rings. The van der Waals surface area contributed by atoms with Gasteiger partial charge in [0.2, 0.25) is 5.95 Å². The SMILES string of the molecule is Cc1ccccc1OCC1(O)CCN(c2ncccn2)C1. The van der Waals surface area contributed by atoms with Gasteiger partial charge in [-0.2, -0.15) is 0 Å². The largest absolute Gasteiger partial charge is 0.490 e. The molecule has 0 saturated carbocycles. The minimum atomic E-state index is -0.860. The molecule has 1 saturated heterocycles. The summed E-state index contributed by atoms with van der Waals surface area (Å²) in [5.74, 6) is 1.48. The summed E-state index contributed by atoms with van der Waals surface area (Å²) in [5.41, 5.74) is 0.212. The normalized spacial score (nSPS) is 21.5. The molecule has 5 nitrogen and oxygen atoms in total. The van der Waals surface area contributed by atoms with Crippen molar-refractivity contribution >= 4 is 5.95 Å². The van der Waals surface area contributed by atoms with Crippen LogP contribution < -0.4 is 9.64 Å². The van der Waals surface area contributed by atoms with Crippen LogP contribution in [0.5, 0.6) is 5.75 Å². The summed E-state index contributed by atoms with van der Waals surface area (Å²) < 4.78 is 5.79. The Bertz CT molecular complexity index is 605. The minimum Gasteiger partial charge on any atom is -0.490 e. The van der Waals surface area contributed by atoms with E-state index in [4.69, 9.17) is 4.74 Å². The number of ether oxygens (including phenoxy) is 1. The molecule has 1 aliphatic rings. The Hall–Kier alpha value is -2.14. The average Bonchev–Trinajstić information content (AvgIpc) is 2.90. The van der Waals surface area contributed by atoms with Gasteiger partial charge in [-0.05, 0) is 31.0 Å². The van der Waals surface area contributed by atoms with Crippen molar-refractivity contribution in [3.8, 4) is 5.75 Å². The Labute approximate surface area is 124 Å². The smallest absolute Gasteiger partial charge is 0.225 e. The summed E-state index contributed by atoms with van der Waals surface area (Å²) in [6.45, 7) is 3.50. The number of aliphatic hydroxyl groups is 1. The zero-order valence-corrected chi connectivity index (χ0v) is 12.1. The monoisotopic (exact) mass is 285 g/mol. The lowest BCUT2D eigenvalue weighted by Crippen LogP contribution is -2.39. The molecule has 5 heteroatoms. The highest BCUT2D eigenvalue weighted by Gasteiger charge is 2.38. The fourth-order valence-corrected chi connectivity index (χ4v) is 2.53. The Morgan fingerprint density at radius 1 is 1.24 bits per heavy atom. The summed E-state index contributed by atoms with van der Waals surface area (Å²) in [6, 6.07) is 9.61. The molecule has 1 aromatic heterocycles. The number of aromatic nitrogens is 2. The summed E-state index contributed by atoms with van der Waals surface area (Å²) in [7, 11) is 0. The molecular formula is C16H19N3O2. The second kappa shape index (κ2) is 5.69. The van der Waals surface area contributed by atoms with E-state index >= 15 is 0 Å². The molecule has 2 aromatic rings. The van der Waals surface area contributed by atoms with E-state index in [-0.39, 0.29) is 6.61 Å². The second-order valence-corrected chi connectivity index (χ2v) is 5.50. The number of hydrogen-bond acceptors (Lipinski definition) is 5. The Balaban J connectivity index is 1.63. The first-order valence-corrected chi connectivity index (χ1v) is 7.09. The molecule has 3 rings (SSSR count). The molecule has 1 aromatic carbocycles. The van der Waals surface area contributed by atoms with Crippen LogP contribution in [0.15, 0.2) is 42.7 Å². The van der Waals surface area contributed by atoms with Crippen molar-refractivity contribution in [3.05, 3.63) is 48.3 Å². The van der Waals surface area contributed by atoms with Gasteiger partial charge in [-0.25, -0.2) is 9.97 Å². The van der Waals surface area contributed by atoms with Crippen LogP contribution in [0.25, 0.3) is 0 Å². The first-order valence-electron chi connectivity index (χ1n) is 7.09. The average molecular weight is 285 g/mol. The lowest BCUT2D eigenvalue weighted by Gasteiger charge is -2.24. The number of β-amino-alcohol motifs (C(OH)–C–C–N with tert-alkyl or cyclic N) is 1. The zero-order chi connectivity index (χ0) is 14.7. The fourth-order valence-electron chi connectivity index (χ4n) is 2.53. The highest BCUT2D eigenvalue weighted by molar-refractivity contribution is 5.34. The van der Waals surface area contributed by atoms with Gasteiger partial charge >= 0.3 is 0 Å². The lowest BCUT2D eigenvalue weighted by molar-refractivity contribution is 0.0142. The van der Waals surface area contributed by atoms with E-state index in [0.29, 0.717) is 18.9 Å². The molecule has 0 bridgehead atoms. The molecule has 0 amide bonds. The number of nitrogens with zero attached hydrogens (tertiary/aromatic N) is 3. The van der Waals surface area contributed by atoms with E-state index in [1.807, 2.05) is 36.1 Å². The van der Waals surface area contributed by atoms with E-state index in [0.717, 1.165) is 17.9 Å². The maximum atomic E-state index is 10.7. The van der Waals surface area contributed by atoms with Gasteiger partial charge in [0.1, 0.15) is 18.0 Å². The predicted molar refractivity (Wildman–Crippen MR) is 80.5 cm³/mol. The van der Waals surface area contributed by atoms with Crippen molar-refractivity contribution in [2.75, 3.05) is 24.6 Å².